The van der Waals surface area contributed by atoms with Crippen molar-refractivity contribution in [1.82, 2.24) is 4.90 Å². The van der Waals surface area contributed by atoms with Crippen LogP contribution in [-0.4, -0.2) is 24.0 Å². The van der Waals surface area contributed by atoms with Crippen molar-refractivity contribution in [3.05, 3.63) is 35.4 Å². The van der Waals surface area contributed by atoms with Crippen molar-refractivity contribution in [2.45, 2.75) is 45.7 Å². The summed E-state index contributed by atoms with van der Waals surface area (Å²) >= 11 is 0. The third-order valence-electron chi connectivity index (χ3n) is 4.50. The largest absolute Gasteiger partial charge is 0.330 e. The van der Waals surface area contributed by atoms with Gasteiger partial charge >= 0.3 is 0 Å². The van der Waals surface area contributed by atoms with E-state index < -0.39 is 0 Å². The van der Waals surface area contributed by atoms with Gasteiger partial charge in [-0.15, -0.1) is 0 Å². The van der Waals surface area contributed by atoms with Crippen LogP contribution in [0.25, 0.3) is 0 Å². The fourth-order valence-corrected chi connectivity index (χ4v) is 3.18. The molecule has 3 unspecified atom stereocenters. The summed E-state index contributed by atoms with van der Waals surface area (Å²) in [5.74, 6) is 0.674. The van der Waals surface area contributed by atoms with Gasteiger partial charge in [0.2, 0.25) is 0 Å². The van der Waals surface area contributed by atoms with Crippen molar-refractivity contribution in [2.24, 2.45) is 11.7 Å². The summed E-state index contributed by atoms with van der Waals surface area (Å²) < 4.78 is 0. The molecule has 0 amide bonds. The third kappa shape index (κ3) is 2.76. The number of nitrogens with zero attached hydrogens (tertiary/aromatic N) is 1. The minimum atomic E-state index is 0.496. The van der Waals surface area contributed by atoms with Crippen LogP contribution in [0.2, 0.25) is 0 Å². The number of likely N-dealkylation sites (tertiary alicyclic amines) is 1. The fourth-order valence-electron chi connectivity index (χ4n) is 3.18. The molecule has 1 aromatic carbocycles. The number of hydrogen-bond acceptors (Lipinski definition) is 2. The van der Waals surface area contributed by atoms with E-state index in [9.17, 15) is 0 Å². The lowest BCUT2D eigenvalue weighted by molar-refractivity contribution is 0.0810. The number of benzene rings is 1. The molecule has 2 N–H and O–H groups in total. The maximum absolute atomic E-state index is 5.85. The Morgan fingerprint density at radius 2 is 2.06 bits per heavy atom. The molecule has 0 bridgehead atoms. The van der Waals surface area contributed by atoms with Gasteiger partial charge in [-0.25, -0.2) is 0 Å². The zero-order chi connectivity index (χ0) is 13.1. The van der Waals surface area contributed by atoms with Crippen molar-refractivity contribution in [3.63, 3.8) is 0 Å². The van der Waals surface area contributed by atoms with Crippen LogP contribution in [0.3, 0.4) is 0 Å². The number of hydrogen-bond donors (Lipinski definition) is 1. The summed E-state index contributed by atoms with van der Waals surface area (Å²) in [7, 11) is 0. The number of nitrogens with two attached hydrogens (primary N) is 1. The van der Waals surface area contributed by atoms with Gasteiger partial charge < -0.3 is 5.73 Å². The van der Waals surface area contributed by atoms with Crippen LogP contribution in [0.4, 0.5) is 0 Å². The Kier molecular flexibility index (Phi) is 4.41. The molecule has 100 valence electrons. The molecule has 1 heterocycles. The number of piperidine rings is 1. The standard InChI is InChI=1S/C16H26N2/c1-12-6-4-5-7-16(12)14(3)18-11-15(10-17)9-8-13(18)2/h4-7,13-15H,8-11,17H2,1-3H3. The van der Waals surface area contributed by atoms with Crippen molar-refractivity contribution in [2.75, 3.05) is 13.1 Å². The molecule has 0 aliphatic carbocycles. The van der Waals surface area contributed by atoms with Gasteiger partial charge in [0.05, 0.1) is 0 Å². The third-order valence-corrected chi connectivity index (χ3v) is 4.50. The molecule has 1 aliphatic rings. The molecule has 0 saturated carbocycles. The summed E-state index contributed by atoms with van der Waals surface area (Å²) in [4.78, 5) is 2.63. The quantitative estimate of drug-likeness (QED) is 0.888. The molecule has 2 nitrogen and oxygen atoms in total. The van der Waals surface area contributed by atoms with Crippen LogP contribution in [0.5, 0.6) is 0 Å². The molecule has 0 radical (unpaired) electrons. The summed E-state index contributed by atoms with van der Waals surface area (Å²) in [6.07, 6.45) is 2.56. The average molecular weight is 246 g/mol. The van der Waals surface area contributed by atoms with Crippen LogP contribution in [0, 0.1) is 12.8 Å². The van der Waals surface area contributed by atoms with Gasteiger partial charge in [0.25, 0.3) is 0 Å². The molecule has 18 heavy (non-hydrogen) atoms. The van der Waals surface area contributed by atoms with Crippen LogP contribution in [0.1, 0.15) is 43.9 Å². The average Bonchev–Trinajstić information content (AvgIpc) is 2.39. The first kappa shape index (κ1) is 13.6. The summed E-state index contributed by atoms with van der Waals surface area (Å²) in [5.41, 5.74) is 8.71. The summed E-state index contributed by atoms with van der Waals surface area (Å²) in [6.45, 7) is 8.86. The lowest BCUT2D eigenvalue weighted by Crippen LogP contribution is -2.45. The summed E-state index contributed by atoms with van der Waals surface area (Å²) in [5, 5.41) is 0. The van der Waals surface area contributed by atoms with Gasteiger partial charge in [0.15, 0.2) is 0 Å². The van der Waals surface area contributed by atoms with Gasteiger partial charge in [-0.05, 0) is 57.2 Å². The van der Waals surface area contributed by atoms with Gasteiger partial charge in [0, 0.05) is 18.6 Å². The van der Waals surface area contributed by atoms with Gasteiger partial charge in [-0.2, -0.15) is 0 Å². The minimum Gasteiger partial charge on any atom is -0.330 e. The van der Waals surface area contributed by atoms with E-state index in [-0.39, 0.29) is 0 Å². The molecule has 0 spiro atoms. The Balaban J connectivity index is 2.16. The number of aryl methyl sites for hydroxylation is 1. The molecule has 3 atom stereocenters. The molecule has 2 rings (SSSR count). The Bertz CT molecular complexity index is 388. The Morgan fingerprint density at radius 3 is 2.72 bits per heavy atom. The Hall–Kier alpha value is -0.860. The Morgan fingerprint density at radius 1 is 1.33 bits per heavy atom. The van der Waals surface area contributed by atoms with E-state index >= 15 is 0 Å². The molecule has 0 aromatic heterocycles. The first-order chi connectivity index (χ1) is 8.63. The van der Waals surface area contributed by atoms with Gasteiger partial charge in [0.1, 0.15) is 0 Å². The van der Waals surface area contributed by atoms with E-state index in [2.05, 4.69) is 49.9 Å². The van der Waals surface area contributed by atoms with E-state index in [4.69, 9.17) is 5.73 Å². The maximum Gasteiger partial charge on any atom is 0.0325 e. The van der Waals surface area contributed by atoms with E-state index in [0.29, 0.717) is 18.0 Å². The SMILES string of the molecule is Cc1ccccc1C(C)N1CC(CN)CCC1C. The minimum absolute atomic E-state index is 0.496. The lowest BCUT2D eigenvalue weighted by atomic mass is 9.90. The van der Waals surface area contributed by atoms with E-state index in [0.717, 1.165) is 13.1 Å². The van der Waals surface area contributed by atoms with Crippen molar-refractivity contribution in [3.8, 4) is 0 Å². The van der Waals surface area contributed by atoms with Crippen LogP contribution >= 0.6 is 0 Å². The zero-order valence-corrected chi connectivity index (χ0v) is 11.9. The topological polar surface area (TPSA) is 29.3 Å². The van der Waals surface area contributed by atoms with Crippen LogP contribution < -0.4 is 5.73 Å². The first-order valence-corrected chi connectivity index (χ1v) is 7.14. The molecular formula is C16H26N2. The van der Waals surface area contributed by atoms with Gasteiger partial charge in [-0.3, -0.25) is 4.90 Å². The highest BCUT2D eigenvalue weighted by atomic mass is 15.2. The molecular weight excluding hydrogens is 220 g/mol. The second kappa shape index (κ2) is 5.85. The number of rotatable bonds is 3. The van der Waals surface area contributed by atoms with Crippen molar-refractivity contribution in [1.29, 1.82) is 0 Å². The van der Waals surface area contributed by atoms with Gasteiger partial charge in [-0.1, -0.05) is 24.3 Å². The highest BCUT2D eigenvalue weighted by molar-refractivity contribution is 5.28. The normalized spacial score (nSPS) is 27.1. The van der Waals surface area contributed by atoms with Crippen LogP contribution in [-0.2, 0) is 0 Å². The molecule has 2 heteroatoms. The first-order valence-electron chi connectivity index (χ1n) is 7.14. The molecule has 1 aromatic rings. The molecule has 1 saturated heterocycles. The predicted molar refractivity (Wildman–Crippen MR) is 77.5 cm³/mol. The highest BCUT2D eigenvalue weighted by Crippen LogP contribution is 2.31. The molecule has 1 aliphatic heterocycles. The highest BCUT2D eigenvalue weighted by Gasteiger charge is 2.29. The van der Waals surface area contributed by atoms with Crippen LogP contribution in [0.15, 0.2) is 24.3 Å². The monoisotopic (exact) mass is 246 g/mol. The van der Waals surface area contributed by atoms with E-state index in [1.54, 1.807) is 0 Å². The second-order valence-electron chi connectivity index (χ2n) is 5.76. The fraction of sp³-hybridized carbons (Fsp3) is 0.625. The van der Waals surface area contributed by atoms with E-state index in [1.165, 1.54) is 24.0 Å². The smallest absolute Gasteiger partial charge is 0.0325 e. The second-order valence-corrected chi connectivity index (χ2v) is 5.76. The summed E-state index contributed by atoms with van der Waals surface area (Å²) in [6, 6.07) is 9.90. The maximum atomic E-state index is 5.85. The van der Waals surface area contributed by atoms with Crippen molar-refractivity contribution >= 4 is 0 Å². The molecule has 1 fully saturated rings. The van der Waals surface area contributed by atoms with Crippen molar-refractivity contribution < 1.29 is 0 Å². The van der Waals surface area contributed by atoms with E-state index in [1.807, 2.05) is 0 Å². The predicted octanol–water partition coefficient (Wildman–Crippen LogP) is 3.12. The zero-order valence-electron chi connectivity index (χ0n) is 11.9. The lowest BCUT2D eigenvalue weighted by Gasteiger charge is -2.42. The Labute approximate surface area is 111 Å².